The molecule has 2 aromatic carbocycles. The summed E-state index contributed by atoms with van der Waals surface area (Å²) in [7, 11) is 0. The number of unbranched alkanes of at least 4 members (excludes halogenated alkanes) is 2. The molecule has 0 spiro atoms. The van der Waals surface area contributed by atoms with E-state index >= 15 is 0 Å². The van der Waals surface area contributed by atoms with Gasteiger partial charge in [0.15, 0.2) is 12.4 Å². The fourth-order valence-corrected chi connectivity index (χ4v) is 2.43. The third kappa shape index (κ3) is 6.35. The number of esters is 1. The maximum Gasteiger partial charge on any atom is 0.338 e. The number of carbonyl (C=O) groups is 2. The Hall–Kier alpha value is -2.14. The Morgan fingerprint density at radius 2 is 1.56 bits per heavy atom. The SMILES string of the molecule is CCCCCOc1ccc(C(=O)OCC(=O)c2ccc(Br)cc2)cc1. The van der Waals surface area contributed by atoms with Crippen LogP contribution in [0.15, 0.2) is 53.0 Å². The van der Waals surface area contributed by atoms with Crippen molar-refractivity contribution in [1.82, 2.24) is 0 Å². The molecule has 0 aliphatic heterocycles. The lowest BCUT2D eigenvalue weighted by Crippen LogP contribution is -2.14. The summed E-state index contributed by atoms with van der Waals surface area (Å²) in [6, 6.07) is 13.7. The Labute approximate surface area is 156 Å². The lowest BCUT2D eigenvalue weighted by molar-refractivity contribution is 0.0474. The van der Waals surface area contributed by atoms with E-state index in [2.05, 4.69) is 22.9 Å². The number of ketones is 1. The normalized spacial score (nSPS) is 10.3. The largest absolute Gasteiger partial charge is 0.494 e. The molecule has 4 nitrogen and oxygen atoms in total. The molecule has 5 heteroatoms. The zero-order chi connectivity index (χ0) is 18.1. The summed E-state index contributed by atoms with van der Waals surface area (Å²) in [5.74, 6) is -0.0432. The number of ether oxygens (including phenoxy) is 2. The van der Waals surface area contributed by atoms with Crippen molar-refractivity contribution >= 4 is 27.7 Å². The van der Waals surface area contributed by atoms with Crippen LogP contribution in [0.25, 0.3) is 0 Å². The van der Waals surface area contributed by atoms with Crippen LogP contribution < -0.4 is 4.74 Å². The zero-order valence-corrected chi connectivity index (χ0v) is 15.8. The second-order valence-electron chi connectivity index (χ2n) is 5.59. The molecule has 0 N–H and O–H groups in total. The van der Waals surface area contributed by atoms with Gasteiger partial charge < -0.3 is 9.47 Å². The van der Waals surface area contributed by atoms with Crippen LogP contribution in [0.2, 0.25) is 0 Å². The van der Waals surface area contributed by atoms with Crippen LogP contribution in [-0.4, -0.2) is 25.0 Å². The summed E-state index contributed by atoms with van der Waals surface area (Å²) in [6.07, 6.45) is 3.29. The molecule has 0 atom stereocenters. The van der Waals surface area contributed by atoms with Crippen molar-refractivity contribution < 1.29 is 19.1 Å². The number of benzene rings is 2. The minimum absolute atomic E-state index is 0.239. The van der Waals surface area contributed by atoms with E-state index in [1.165, 1.54) is 0 Å². The molecule has 0 amide bonds. The summed E-state index contributed by atoms with van der Waals surface area (Å²) < 4.78 is 11.6. The first-order chi connectivity index (χ1) is 12.1. The fraction of sp³-hybridized carbons (Fsp3) is 0.300. The molecule has 0 fully saturated rings. The Bertz CT molecular complexity index is 693. The monoisotopic (exact) mass is 404 g/mol. The van der Waals surface area contributed by atoms with E-state index in [9.17, 15) is 9.59 Å². The summed E-state index contributed by atoms with van der Waals surface area (Å²) in [5, 5.41) is 0. The van der Waals surface area contributed by atoms with Crippen LogP contribution in [0.3, 0.4) is 0 Å². The van der Waals surface area contributed by atoms with E-state index in [1.54, 1.807) is 48.5 Å². The maximum absolute atomic E-state index is 12.0. The third-order valence-corrected chi connectivity index (χ3v) is 4.14. The van der Waals surface area contributed by atoms with Crippen LogP contribution in [0.1, 0.15) is 46.9 Å². The molecule has 0 bridgehead atoms. The summed E-state index contributed by atoms with van der Waals surface area (Å²) in [4.78, 5) is 24.0. The van der Waals surface area contributed by atoms with Crippen molar-refractivity contribution in [1.29, 1.82) is 0 Å². The molecule has 25 heavy (non-hydrogen) atoms. The number of halogens is 1. The van der Waals surface area contributed by atoms with Gasteiger partial charge in [-0.25, -0.2) is 4.79 Å². The Balaban J connectivity index is 1.82. The van der Waals surface area contributed by atoms with Crippen molar-refractivity contribution in [3.63, 3.8) is 0 Å². The molecular formula is C20H21BrO4. The number of hydrogen-bond donors (Lipinski definition) is 0. The quantitative estimate of drug-likeness (QED) is 0.333. The molecule has 0 aliphatic rings. The highest BCUT2D eigenvalue weighted by atomic mass is 79.9. The summed E-state index contributed by atoms with van der Waals surface area (Å²) in [5.41, 5.74) is 0.899. The number of rotatable bonds is 9. The average Bonchev–Trinajstić information content (AvgIpc) is 2.64. The van der Waals surface area contributed by atoms with E-state index < -0.39 is 5.97 Å². The predicted molar refractivity (Wildman–Crippen MR) is 100 cm³/mol. The van der Waals surface area contributed by atoms with Gasteiger partial charge in [-0.05, 0) is 42.8 Å². The molecule has 0 saturated heterocycles. The first kappa shape index (κ1) is 19.2. The van der Waals surface area contributed by atoms with Crippen molar-refractivity contribution in [3.05, 3.63) is 64.1 Å². The van der Waals surface area contributed by atoms with Crippen LogP contribution in [0.4, 0.5) is 0 Å². The van der Waals surface area contributed by atoms with Crippen LogP contribution in [-0.2, 0) is 4.74 Å². The average molecular weight is 405 g/mol. The van der Waals surface area contributed by atoms with Crippen molar-refractivity contribution in [2.45, 2.75) is 26.2 Å². The van der Waals surface area contributed by atoms with Gasteiger partial charge in [0.1, 0.15) is 5.75 Å². The minimum atomic E-state index is -0.525. The topological polar surface area (TPSA) is 52.6 Å². The van der Waals surface area contributed by atoms with Gasteiger partial charge in [0, 0.05) is 10.0 Å². The highest BCUT2D eigenvalue weighted by molar-refractivity contribution is 9.10. The van der Waals surface area contributed by atoms with E-state index in [4.69, 9.17) is 9.47 Å². The first-order valence-electron chi connectivity index (χ1n) is 8.29. The molecule has 0 radical (unpaired) electrons. The van der Waals surface area contributed by atoms with Gasteiger partial charge in [-0.2, -0.15) is 0 Å². The van der Waals surface area contributed by atoms with Gasteiger partial charge in [-0.1, -0.05) is 47.8 Å². The Kier molecular flexibility index (Phi) is 7.67. The third-order valence-electron chi connectivity index (χ3n) is 3.61. The smallest absolute Gasteiger partial charge is 0.338 e. The second-order valence-corrected chi connectivity index (χ2v) is 6.50. The van der Waals surface area contributed by atoms with E-state index in [0.29, 0.717) is 17.7 Å². The zero-order valence-electron chi connectivity index (χ0n) is 14.2. The molecule has 0 aromatic heterocycles. The van der Waals surface area contributed by atoms with E-state index in [-0.39, 0.29) is 12.4 Å². The van der Waals surface area contributed by atoms with E-state index in [0.717, 1.165) is 29.5 Å². The Morgan fingerprint density at radius 3 is 2.20 bits per heavy atom. The van der Waals surface area contributed by atoms with Crippen molar-refractivity contribution in [3.8, 4) is 5.75 Å². The first-order valence-corrected chi connectivity index (χ1v) is 9.08. The molecule has 0 aliphatic carbocycles. The van der Waals surface area contributed by atoms with E-state index in [1.807, 2.05) is 0 Å². The maximum atomic E-state index is 12.0. The number of Topliss-reactive ketones (excluding diaryl/α,β-unsaturated/α-hetero) is 1. The highest BCUT2D eigenvalue weighted by Crippen LogP contribution is 2.14. The number of carbonyl (C=O) groups excluding carboxylic acids is 2. The van der Waals surface area contributed by atoms with Gasteiger partial charge in [0.2, 0.25) is 0 Å². The molecule has 132 valence electrons. The number of hydrogen-bond acceptors (Lipinski definition) is 4. The van der Waals surface area contributed by atoms with Gasteiger partial charge in [-0.3, -0.25) is 4.79 Å². The summed E-state index contributed by atoms with van der Waals surface area (Å²) in [6.45, 7) is 2.52. The van der Waals surface area contributed by atoms with Gasteiger partial charge >= 0.3 is 5.97 Å². The van der Waals surface area contributed by atoms with Crippen LogP contribution in [0, 0.1) is 0 Å². The molecule has 0 unspecified atom stereocenters. The minimum Gasteiger partial charge on any atom is -0.494 e. The van der Waals surface area contributed by atoms with Gasteiger partial charge in [0.25, 0.3) is 0 Å². The highest BCUT2D eigenvalue weighted by Gasteiger charge is 2.12. The summed E-state index contributed by atoms with van der Waals surface area (Å²) >= 11 is 3.31. The Morgan fingerprint density at radius 1 is 0.920 bits per heavy atom. The predicted octanol–water partition coefficient (Wildman–Crippen LogP) is 5.06. The standard InChI is InChI=1S/C20H21BrO4/c1-2-3-4-13-24-18-11-7-16(8-12-18)20(23)25-14-19(22)15-5-9-17(21)10-6-15/h5-12H,2-4,13-14H2,1H3. The molecule has 0 heterocycles. The lowest BCUT2D eigenvalue weighted by Gasteiger charge is -2.07. The molecule has 0 saturated carbocycles. The van der Waals surface area contributed by atoms with Gasteiger partial charge in [0.05, 0.1) is 12.2 Å². The molecule has 2 rings (SSSR count). The lowest BCUT2D eigenvalue weighted by atomic mass is 10.1. The van der Waals surface area contributed by atoms with Crippen LogP contribution >= 0.6 is 15.9 Å². The van der Waals surface area contributed by atoms with Crippen molar-refractivity contribution in [2.75, 3.05) is 13.2 Å². The van der Waals surface area contributed by atoms with Crippen molar-refractivity contribution in [2.24, 2.45) is 0 Å². The molecule has 2 aromatic rings. The van der Waals surface area contributed by atoms with Crippen LogP contribution in [0.5, 0.6) is 5.75 Å². The molecular weight excluding hydrogens is 384 g/mol. The fourth-order valence-electron chi connectivity index (χ4n) is 2.16. The second kappa shape index (κ2) is 9.99. The van der Waals surface area contributed by atoms with Gasteiger partial charge in [-0.15, -0.1) is 0 Å².